The van der Waals surface area contributed by atoms with Gasteiger partial charge in [-0.15, -0.1) is 0 Å². The minimum Gasteiger partial charge on any atom is -0.304 e. The third-order valence-electron chi connectivity index (χ3n) is 3.12. The van der Waals surface area contributed by atoms with Crippen molar-refractivity contribution in [3.63, 3.8) is 0 Å². The molecule has 0 amide bonds. The summed E-state index contributed by atoms with van der Waals surface area (Å²) in [5.74, 6) is 5.20. The van der Waals surface area contributed by atoms with Crippen molar-refractivity contribution in [2.24, 2.45) is 5.90 Å². The van der Waals surface area contributed by atoms with Gasteiger partial charge < -0.3 is 4.84 Å². The van der Waals surface area contributed by atoms with Crippen LogP contribution >= 0.6 is 15.9 Å². The van der Waals surface area contributed by atoms with Gasteiger partial charge in [0.1, 0.15) is 0 Å². The molecular formula is C11H14BrNO. The first-order valence-corrected chi connectivity index (χ1v) is 5.64. The van der Waals surface area contributed by atoms with Gasteiger partial charge in [-0.05, 0) is 24.5 Å². The van der Waals surface area contributed by atoms with E-state index in [0.717, 1.165) is 4.47 Å². The molecule has 1 aromatic carbocycles. The molecule has 0 radical (unpaired) electrons. The second kappa shape index (κ2) is 4.01. The van der Waals surface area contributed by atoms with E-state index in [2.05, 4.69) is 34.1 Å². The Balaban J connectivity index is 2.32. The van der Waals surface area contributed by atoms with Crippen molar-refractivity contribution in [3.8, 4) is 0 Å². The summed E-state index contributed by atoms with van der Waals surface area (Å²) in [7, 11) is 0. The van der Waals surface area contributed by atoms with Crippen molar-refractivity contribution >= 4 is 15.9 Å². The van der Waals surface area contributed by atoms with Gasteiger partial charge in [-0.2, -0.15) is 0 Å². The SMILES string of the molecule is NOCC1(c2ccccc2Br)CCC1. The topological polar surface area (TPSA) is 35.2 Å². The van der Waals surface area contributed by atoms with Crippen molar-refractivity contribution in [1.29, 1.82) is 0 Å². The molecule has 0 aliphatic heterocycles. The van der Waals surface area contributed by atoms with Crippen LogP contribution in [-0.2, 0) is 10.3 Å². The second-order valence-corrected chi connectivity index (χ2v) is 4.78. The largest absolute Gasteiger partial charge is 0.304 e. The van der Waals surface area contributed by atoms with Crippen molar-refractivity contribution in [1.82, 2.24) is 0 Å². The number of hydrogen-bond donors (Lipinski definition) is 1. The van der Waals surface area contributed by atoms with E-state index in [4.69, 9.17) is 10.7 Å². The minimum absolute atomic E-state index is 0.162. The Morgan fingerprint density at radius 1 is 1.36 bits per heavy atom. The Hall–Kier alpha value is -0.380. The molecule has 0 atom stereocenters. The average Bonchev–Trinajstić information content (AvgIpc) is 2.13. The van der Waals surface area contributed by atoms with Crippen LogP contribution < -0.4 is 5.90 Å². The van der Waals surface area contributed by atoms with Gasteiger partial charge in [-0.3, -0.25) is 0 Å². The van der Waals surface area contributed by atoms with E-state index < -0.39 is 0 Å². The van der Waals surface area contributed by atoms with Gasteiger partial charge in [0.25, 0.3) is 0 Å². The molecule has 1 fully saturated rings. The van der Waals surface area contributed by atoms with Crippen molar-refractivity contribution in [2.45, 2.75) is 24.7 Å². The fraction of sp³-hybridized carbons (Fsp3) is 0.455. The maximum atomic E-state index is 5.20. The molecule has 0 aromatic heterocycles. The zero-order chi connectivity index (χ0) is 10.0. The number of hydrogen-bond acceptors (Lipinski definition) is 2. The first-order chi connectivity index (χ1) is 6.78. The lowest BCUT2D eigenvalue weighted by Crippen LogP contribution is -2.40. The van der Waals surface area contributed by atoms with Gasteiger partial charge in [-0.1, -0.05) is 40.5 Å². The molecule has 0 unspecified atom stereocenters. The quantitative estimate of drug-likeness (QED) is 0.844. The molecule has 76 valence electrons. The lowest BCUT2D eigenvalue weighted by atomic mass is 9.65. The maximum Gasteiger partial charge on any atom is 0.0776 e. The summed E-state index contributed by atoms with van der Waals surface area (Å²) in [5.41, 5.74) is 1.49. The van der Waals surface area contributed by atoms with Gasteiger partial charge in [-0.25, -0.2) is 5.90 Å². The van der Waals surface area contributed by atoms with Crippen molar-refractivity contribution in [2.75, 3.05) is 6.61 Å². The normalized spacial score (nSPS) is 19.0. The highest BCUT2D eigenvalue weighted by Gasteiger charge is 2.40. The monoisotopic (exact) mass is 255 g/mol. The van der Waals surface area contributed by atoms with Crippen LogP contribution in [0.25, 0.3) is 0 Å². The van der Waals surface area contributed by atoms with Crippen LogP contribution in [0, 0.1) is 0 Å². The fourth-order valence-electron chi connectivity index (χ4n) is 2.15. The molecule has 3 heteroatoms. The number of nitrogens with two attached hydrogens (primary N) is 1. The molecule has 0 bridgehead atoms. The summed E-state index contributed by atoms with van der Waals surface area (Å²) in [6.07, 6.45) is 3.62. The Morgan fingerprint density at radius 2 is 2.07 bits per heavy atom. The lowest BCUT2D eigenvalue weighted by Gasteiger charge is -2.42. The molecule has 1 aliphatic rings. The summed E-state index contributed by atoms with van der Waals surface area (Å²) >= 11 is 3.58. The Bertz CT molecular complexity index is 323. The van der Waals surface area contributed by atoms with E-state index in [1.54, 1.807) is 0 Å². The van der Waals surface area contributed by atoms with Gasteiger partial charge in [0.15, 0.2) is 0 Å². The molecule has 0 heterocycles. The molecule has 2 N–H and O–H groups in total. The Labute approximate surface area is 92.5 Å². The van der Waals surface area contributed by atoms with Crippen molar-refractivity contribution in [3.05, 3.63) is 34.3 Å². The van der Waals surface area contributed by atoms with Crippen molar-refractivity contribution < 1.29 is 4.84 Å². The average molecular weight is 256 g/mol. The third kappa shape index (κ3) is 1.60. The predicted octanol–water partition coefficient (Wildman–Crippen LogP) is 2.76. The fourth-order valence-corrected chi connectivity index (χ4v) is 2.85. The lowest BCUT2D eigenvalue weighted by molar-refractivity contribution is 0.0447. The van der Waals surface area contributed by atoms with E-state index in [0.29, 0.717) is 6.61 Å². The highest BCUT2D eigenvalue weighted by atomic mass is 79.9. The Morgan fingerprint density at radius 3 is 2.57 bits per heavy atom. The zero-order valence-corrected chi connectivity index (χ0v) is 9.59. The van der Waals surface area contributed by atoms with Gasteiger partial charge in [0.2, 0.25) is 0 Å². The highest BCUT2D eigenvalue weighted by Crippen LogP contribution is 2.46. The van der Waals surface area contributed by atoms with Crippen LogP contribution in [0.2, 0.25) is 0 Å². The summed E-state index contributed by atoms with van der Waals surface area (Å²) < 4.78 is 1.16. The van der Waals surface area contributed by atoms with Gasteiger partial charge in [0.05, 0.1) is 6.61 Å². The Kier molecular flexibility index (Phi) is 2.91. The zero-order valence-electron chi connectivity index (χ0n) is 8.00. The number of halogens is 1. The molecule has 1 aromatic rings. The third-order valence-corrected chi connectivity index (χ3v) is 3.81. The minimum atomic E-state index is 0.162. The first kappa shape index (κ1) is 10.1. The highest BCUT2D eigenvalue weighted by molar-refractivity contribution is 9.10. The van der Waals surface area contributed by atoms with Crippen LogP contribution in [0.3, 0.4) is 0 Å². The van der Waals surface area contributed by atoms with E-state index in [1.807, 2.05) is 6.07 Å². The van der Waals surface area contributed by atoms with Crippen LogP contribution in [0.4, 0.5) is 0 Å². The van der Waals surface area contributed by atoms with Crippen LogP contribution in [0.1, 0.15) is 24.8 Å². The van der Waals surface area contributed by atoms with Gasteiger partial charge >= 0.3 is 0 Å². The number of rotatable bonds is 3. The summed E-state index contributed by atoms with van der Waals surface area (Å²) in [6.45, 7) is 0.621. The maximum absolute atomic E-state index is 5.20. The summed E-state index contributed by atoms with van der Waals surface area (Å²) in [6, 6.07) is 8.33. The first-order valence-electron chi connectivity index (χ1n) is 4.85. The van der Waals surface area contributed by atoms with Crippen LogP contribution in [0.5, 0.6) is 0 Å². The molecule has 0 spiro atoms. The van der Waals surface area contributed by atoms with E-state index in [-0.39, 0.29) is 5.41 Å². The van der Waals surface area contributed by atoms with Crippen LogP contribution in [-0.4, -0.2) is 6.61 Å². The van der Waals surface area contributed by atoms with E-state index >= 15 is 0 Å². The molecular weight excluding hydrogens is 242 g/mol. The molecule has 1 saturated carbocycles. The molecule has 14 heavy (non-hydrogen) atoms. The molecule has 1 aliphatic carbocycles. The predicted molar refractivity (Wildman–Crippen MR) is 59.8 cm³/mol. The smallest absolute Gasteiger partial charge is 0.0776 e. The van der Waals surface area contributed by atoms with Gasteiger partial charge in [0, 0.05) is 9.89 Å². The van der Waals surface area contributed by atoms with E-state index in [9.17, 15) is 0 Å². The van der Waals surface area contributed by atoms with E-state index in [1.165, 1.54) is 24.8 Å². The summed E-state index contributed by atoms with van der Waals surface area (Å²) in [4.78, 5) is 4.84. The van der Waals surface area contributed by atoms with Crippen LogP contribution in [0.15, 0.2) is 28.7 Å². The molecule has 2 nitrogen and oxygen atoms in total. The standard InChI is InChI=1S/C11H14BrNO/c12-10-5-2-1-4-9(10)11(8-14-13)6-3-7-11/h1-2,4-5H,3,6-8,13H2. The molecule has 0 saturated heterocycles. The second-order valence-electron chi connectivity index (χ2n) is 3.92. The number of benzene rings is 1. The molecule has 2 rings (SSSR count). The summed E-state index contributed by atoms with van der Waals surface area (Å²) in [5, 5.41) is 0.